The molecule has 0 atom stereocenters. The van der Waals surface area contributed by atoms with E-state index >= 15 is 0 Å². The lowest BCUT2D eigenvalue weighted by atomic mass is 9.94. The summed E-state index contributed by atoms with van der Waals surface area (Å²) in [6.07, 6.45) is 0. The smallest absolute Gasteiger partial charge is 0.135 e. The molecule has 0 N–H and O–H groups in total. The van der Waals surface area contributed by atoms with Gasteiger partial charge < -0.3 is 18.0 Å². The third kappa shape index (κ3) is 7.46. The molecule has 0 aliphatic carbocycles. The van der Waals surface area contributed by atoms with E-state index in [1.54, 1.807) is 0 Å². The van der Waals surface area contributed by atoms with Gasteiger partial charge in [-0.05, 0) is 182 Å². The highest BCUT2D eigenvalue weighted by molar-refractivity contribution is 6.14. The number of para-hydroxylation sites is 2. The Kier molecular flexibility index (Phi) is 10.3. The van der Waals surface area contributed by atoms with Gasteiger partial charge in [-0.3, -0.25) is 0 Å². The average molecular weight is 1050 g/mol. The number of aromatic nitrogens is 2. The van der Waals surface area contributed by atoms with E-state index in [1.807, 2.05) is 0 Å². The van der Waals surface area contributed by atoms with Crippen molar-refractivity contribution in [3.8, 4) is 78.1 Å². The van der Waals surface area contributed by atoms with Crippen molar-refractivity contribution < 1.29 is 8.83 Å². The number of hydrogen-bond donors (Lipinski definition) is 0. The molecule has 0 amide bonds. The van der Waals surface area contributed by atoms with E-state index in [4.69, 9.17) is 8.83 Å². The third-order valence-electron chi connectivity index (χ3n) is 16.9. The van der Waals surface area contributed by atoms with Gasteiger partial charge in [0.2, 0.25) is 0 Å². The lowest BCUT2D eigenvalue weighted by Crippen LogP contribution is -1.93. The Morgan fingerprint density at radius 3 is 0.854 bits per heavy atom. The molecule has 0 fully saturated rings. The van der Waals surface area contributed by atoms with Crippen molar-refractivity contribution in [3.05, 3.63) is 291 Å². The summed E-state index contributed by atoms with van der Waals surface area (Å²) in [6.45, 7) is 0. The van der Waals surface area contributed by atoms with Crippen molar-refractivity contribution in [2.24, 2.45) is 0 Å². The first-order valence-corrected chi connectivity index (χ1v) is 28.0. The molecule has 4 aromatic heterocycles. The van der Waals surface area contributed by atoms with Crippen LogP contribution in [0.15, 0.2) is 300 Å². The van der Waals surface area contributed by atoms with Gasteiger partial charge in [0.05, 0.1) is 22.1 Å². The van der Waals surface area contributed by atoms with E-state index in [0.29, 0.717) is 0 Å². The number of nitrogens with zero attached hydrogens (tertiary/aromatic N) is 2. The molecule has 17 rings (SSSR count). The van der Waals surface area contributed by atoms with Gasteiger partial charge in [0.15, 0.2) is 0 Å². The van der Waals surface area contributed by atoms with Crippen LogP contribution in [0.1, 0.15) is 0 Å². The number of rotatable bonds is 8. The number of fused-ring (bicyclic) bond motifs is 12. The number of furan rings is 2. The highest BCUT2D eigenvalue weighted by Crippen LogP contribution is 2.42. The minimum absolute atomic E-state index is 0.872. The fourth-order valence-corrected chi connectivity index (χ4v) is 12.9. The van der Waals surface area contributed by atoms with E-state index in [1.165, 1.54) is 65.9 Å². The second kappa shape index (κ2) is 18.3. The van der Waals surface area contributed by atoms with Crippen LogP contribution in [-0.2, 0) is 0 Å². The second-order valence-electron chi connectivity index (χ2n) is 21.6. The zero-order chi connectivity index (χ0) is 53.8. The summed E-state index contributed by atoms with van der Waals surface area (Å²) in [5, 5.41) is 9.30. The van der Waals surface area contributed by atoms with Crippen LogP contribution in [0.5, 0.6) is 0 Å². The van der Waals surface area contributed by atoms with E-state index in [2.05, 4.69) is 300 Å². The SMILES string of the molecule is c1ccc(-c2ccc3c(c2)c2ccccc2n3-c2ccc3oc4ccc(-c5cccc(-c6cccc(-c7cccc(-c8ccc9oc%10ccc(-n%11c%12ccccc%12c%12cc(-c%13ccccc%13)ccc%12%11)cc%10c9c8)c7)c6)c5)cc4c3c2)cc1. The summed E-state index contributed by atoms with van der Waals surface area (Å²) < 4.78 is 17.8. The molecule has 4 heterocycles. The quantitative estimate of drug-likeness (QED) is 0.152. The Hall–Kier alpha value is -10.9. The topological polar surface area (TPSA) is 36.1 Å². The summed E-state index contributed by atoms with van der Waals surface area (Å²) in [5.74, 6) is 0. The summed E-state index contributed by atoms with van der Waals surface area (Å²) in [6, 6.07) is 105. The molecule has 0 aliphatic rings. The summed E-state index contributed by atoms with van der Waals surface area (Å²) in [4.78, 5) is 0. The Morgan fingerprint density at radius 1 is 0.171 bits per heavy atom. The van der Waals surface area contributed by atoms with E-state index in [9.17, 15) is 0 Å². The molecule has 13 aromatic carbocycles. The van der Waals surface area contributed by atoms with E-state index < -0.39 is 0 Å². The molecule has 82 heavy (non-hydrogen) atoms. The third-order valence-corrected chi connectivity index (χ3v) is 16.9. The fourth-order valence-electron chi connectivity index (χ4n) is 12.9. The van der Waals surface area contributed by atoms with Crippen LogP contribution in [0.4, 0.5) is 0 Å². The molecule has 0 bridgehead atoms. The normalized spacial score (nSPS) is 11.9. The van der Waals surface area contributed by atoms with Gasteiger partial charge in [0.25, 0.3) is 0 Å². The van der Waals surface area contributed by atoms with Crippen LogP contribution in [-0.4, -0.2) is 9.13 Å². The zero-order valence-corrected chi connectivity index (χ0v) is 44.4. The van der Waals surface area contributed by atoms with Crippen LogP contribution in [0.25, 0.3) is 166 Å². The Balaban J connectivity index is 0.684. The molecule has 17 aromatic rings. The lowest BCUT2D eigenvalue weighted by molar-refractivity contribution is 0.668. The van der Waals surface area contributed by atoms with Gasteiger partial charge in [-0.25, -0.2) is 0 Å². The number of benzene rings is 13. The second-order valence-corrected chi connectivity index (χ2v) is 21.6. The molecule has 4 nitrogen and oxygen atoms in total. The van der Waals surface area contributed by atoms with Gasteiger partial charge in [-0.15, -0.1) is 0 Å². The fraction of sp³-hybridized carbons (Fsp3) is 0. The average Bonchev–Trinajstić information content (AvgIpc) is 4.33. The first-order chi connectivity index (χ1) is 40.6. The zero-order valence-electron chi connectivity index (χ0n) is 44.4. The Morgan fingerprint density at radius 2 is 0.451 bits per heavy atom. The van der Waals surface area contributed by atoms with Crippen molar-refractivity contribution in [1.82, 2.24) is 9.13 Å². The lowest BCUT2D eigenvalue weighted by Gasteiger charge is -2.10. The molecule has 0 spiro atoms. The predicted molar refractivity (Wildman–Crippen MR) is 342 cm³/mol. The molecule has 0 unspecified atom stereocenters. The Labute approximate surface area is 472 Å². The highest BCUT2D eigenvalue weighted by atomic mass is 16.3. The highest BCUT2D eigenvalue weighted by Gasteiger charge is 2.19. The largest absolute Gasteiger partial charge is 0.456 e. The predicted octanol–water partition coefficient (Wildman–Crippen LogP) is 21.7. The van der Waals surface area contributed by atoms with E-state index in [0.717, 1.165) is 99.8 Å². The van der Waals surface area contributed by atoms with Crippen molar-refractivity contribution in [3.63, 3.8) is 0 Å². The maximum absolute atomic E-state index is 6.51. The summed E-state index contributed by atoms with van der Waals surface area (Å²) in [5.41, 5.74) is 24.4. The first-order valence-electron chi connectivity index (χ1n) is 28.0. The summed E-state index contributed by atoms with van der Waals surface area (Å²) >= 11 is 0. The van der Waals surface area contributed by atoms with Gasteiger partial charge in [0, 0.05) is 54.5 Å². The van der Waals surface area contributed by atoms with Crippen molar-refractivity contribution in [2.75, 3.05) is 0 Å². The van der Waals surface area contributed by atoms with Gasteiger partial charge in [0.1, 0.15) is 22.3 Å². The van der Waals surface area contributed by atoms with Crippen LogP contribution in [0.2, 0.25) is 0 Å². The standard InChI is InChI=1S/C78H48N2O2/c1-3-14-49(15-4-1)57-28-34-73-65(43-57)63-24-7-9-26-71(63)79(73)61-32-38-77-69(47-61)67-45-59(30-36-75(67)81-77)55-22-12-20-53(41-55)51-18-11-19-52(40-51)54-21-13-23-56(42-54)60-31-37-76-68(46-60)70-48-62(33-39-78(70)82-76)80-72-27-10-8-25-64(72)66-44-58(29-35-74(66)80)50-16-5-2-6-17-50/h1-48H. The maximum atomic E-state index is 6.51. The van der Waals surface area contributed by atoms with Crippen LogP contribution >= 0.6 is 0 Å². The monoisotopic (exact) mass is 1040 g/mol. The van der Waals surface area contributed by atoms with Crippen molar-refractivity contribution >= 4 is 87.5 Å². The molecule has 382 valence electrons. The van der Waals surface area contributed by atoms with Crippen molar-refractivity contribution in [2.45, 2.75) is 0 Å². The van der Waals surface area contributed by atoms with Crippen molar-refractivity contribution in [1.29, 1.82) is 0 Å². The molecule has 0 aliphatic heterocycles. The first kappa shape index (κ1) is 46.0. The van der Waals surface area contributed by atoms with Gasteiger partial charge in [-0.1, -0.05) is 176 Å². The van der Waals surface area contributed by atoms with Gasteiger partial charge >= 0.3 is 0 Å². The summed E-state index contributed by atoms with van der Waals surface area (Å²) in [7, 11) is 0. The van der Waals surface area contributed by atoms with E-state index in [-0.39, 0.29) is 0 Å². The molecule has 0 saturated heterocycles. The molecule has 0 saturated carbocycles. The van der Waals surface area contributed by atoms with Crippen LogP contribution in [0.3, 0.4) is 0 Å². The maximum Gasteiger partial charge on any atom is 0.135 e. The van der Waals surface area contributed by atoms with Crippen LogP contribution < -0.4 is 0 Å². The minimum atomic E-state index is 0.872. The van der Waals surface area contributed by atoms with Gasteiger partial charge in [-0.2, -0.15) is 0 Å². The molecule has 0 radical (unpaired) electrons. The van der Waals surface area contributed by atoms with Crippen LogP contribution in [0, 0.1) is 0 Å². The minimum Gasteiger partial charge on any atom is -0.456 e. The molecule has 4 heteroatoms. The molecular formula is C78H48N2O2. The Bertz CT molecular complexity index is 5070. The molecular weight excluding hydrogens is 997 g/mol. The number of hydrogen-bond acceptors (Lipinski definition) is 2.